The first-order chi connectivity index (χ1) is 9.78. The average Bonchev–Trinajstić information content (AvgIpc) is 2.75. The summed E-state index contributed by atoms with van der Waals surface area (Å²) in [5, 5.41) is 13.3. The van der Waals surface area contributed by atoms with Gasteiger partial charge in [0, 0.05) is 18.2 Å². The summed E-state index contributed by atoms with van der Waals surface area (Å²) in [5.41, 5.74) is 0.0197. The zero-order valence-electron chi connectivity index (χ0n) is 11.6. The van der Waals surface area contributed by atoms with E-state index in [4.69, 9.17) is 21.1 Å². The number of nitro benzene ring substituents is 1. The molecule has 1 unspecified atom stereocenters. The highest BCUT2D eigenvalue weighted by atomic mass is 35.5. The fourth-order valence-corrected chi connectivity index (χ4v) is 2.22. The molecule has 0 aromatic heterocycles. The van der Waals surface area contributed by atoms with E-state index < -0.39 is 10.7 Å². The van der Waals surface area contributed by atoms with Gasteiger partial charge in [-0.3, -0.25) is 14.9 Å². The van der Waals surface area contributed by atoms with Gasteiger partial charge in [0.15, 0.2) is 5.79 Å². The van der Waals surface area contributed by atoms with Crippen LogP contribution < -0.4 is 5.32 Å². The van der Waals surface area contributed by atoms with Crippen molar-refractivity contribution in [1.82, 2.24) is 5.32 Å². The van der Waals surface area contributed by atoms with Crippen molar-refractivity contribution in [3.05, 3.63) is 38.9 Å². The van der Waals surface area contributed by atoms with Crippen LogP contribution in [0.4, 0.5) is 5.69 Å². The van der Waals surface area contributed by atoms with Crippen molar-refractivity contribution in [3.8, 4) is 0 Å². The zero-order valence-corrected chi connectivity index (χ0v) is 12.3. The number of hydrogen-bond acceptors (Lipinski definition) is 5. The van der Waals surface area contributed by atoms with Crippen LogP contribution in [0.5, 0.6) is 0 Å². The first-order valence-electron chi connectivity index (χ1n) is 6.32. The standard InChI is InChI=1S/C13H15ClN2O5/c1-13(2)20-7-9(21-13)6-15-12(17)8-3-4-11(16(18)19)10(14)5-8/h3-5,9H,6-7H2,1-2H3,(H,15,17). The number of amides is 1. The first-order valence-corrected chi connectivity index (χ1v) is 6.70. The number of benzene rings is 1. The van der Waals surface area contributed by atoms with E-state index in [1.807, 2.05) is 0 Å². The highest BCUT2D eigenvalue weighted by Gasteiger charge is 2.32. The minimum atomic E-state index is -0.647. The summed E-state index contributed by atoms with van der Waals surface area (Å²) in [5.74, 6) is -1.02. The summed E-state index contributed by atoms with van der Waals surface area (Å²) in [7, 11) is 0. The maximum Gasteiger partial charge on any atom is 0.287 e. The Balaban J connectivity index is 1.95. The Labute approximate surface area is 126 Å². The van der Waals surface area contributed by atoms with Crippen LogP contribution in [0.25, 0.3) is 0 Å². The Morgan fingerprint density at radius 2 is 2.29 bits per heavy atom. The topological polar surface area (TPSA) is 90.7 Å². The molecule has 1 fully saturated rings. The van der Waals surface area contributed by atoms with Crippen LogP contribution in [-0.4, -0.2) is 35.9 Å². The number of carbonyl (C=O) groups excluding carboxylic acids is 1. The maximum absolute atomic E-state index is 12.0. The maximum atomic E-state index is 12.0. The number of rotatable bonds is 4. The molecule has 1 aromatic carbocycles. The van der Waals surface area contributed by atoms with Gasteiger partial charge in [0.1, 0.15) is 11.1 Å². The molecular formula is C13H15ClN2O5. The molecule has 1 aliphatic heterocycles. The summed E-state index contributed by atoms with van der Waals surface area (Å²) in [4.78, 5) is 22.0. The Hall–Kier alpha value is -1.70. The molecule has 114 valence electrons. The highest BCUT2D eigenvalue weighted by Crippen LogP contribution is 2.25. The van der Waals surface area contributed by atoms with Crippen molar-refractivity contribution >= 4 is 23.2 Å². The number of halogens is 1. The molecule has 0 saturated carbocycles. The number of nitrogens with one attached hydrogen (secondary N) is 1. The molecular weight excluding hydrogens is 300 g/mol. The van der Waals surface area contributed by atoms with E-state index in [-0.39, 0.29) is 34.8 Å². The van der Waals surface area contributed by atoms with Gasteiger partial charge in [0.05, 0.1) is 11.5 Å². The minimum absolute atomic E-state index is 0.0748. The van der Waals surface area contributed by atoms with Crippen LogP contribution in [-0.2, 0) is 9.47 Å². The molecule has 0 aliphatic carbocycles. The summed E-state index contributed by atoms with van der Waals surface area (Å²) >= 11 is 5.77. The summed E-state index contributed by atoms with van der Waals surface area (Å²) in [6.45, 7) is 4.28. The summed E-state index contributed by atoms with van der Waals surface area (Å²) in [6.07, 6.45) is -0.225. The van der Waals surface area contributed by atoms with E-state index >= 15 is 0 Å². The van der Waals surface area contributed by atoms with E-state index in [1.165, 1.54) is 18.2 Å². The second-order valence-electron chi connectivity index (χ2n) is 5.08. The Bertz CT molecular complexity index is 576. The van der Waals surface area contributed by atoms with Crippen molar-refractivity contribution in [3.63, 3.8) is 0 Å². The lowest BCUT2D eigenvalue weighted by Gasteiger charge is -2.17. The minimum Gasteiger partial charge on any atom is -0.349 e. The Kier molecular flexibility index (Phi) is 4.46. The fraction of sp³-hybridized carbons (Fsp3) is 0.462. The van der Waals surface area contributed by atoms with Gasteiger partial charge < -0.3 is 14.8 Å². The second-order valence-corrected chi connectivity index (χ2v) is 5.49. The largest absolute Gasteiger partial charge is 0.349 e. The van der Waals surface area contributed by atoms with Gasteiger partial charge >= 0.3 is 0 Å². The predicted molar refractivity (Wildman–Crippen MR) is 75.3 cm³/mol. The van der Waals surface area contributed by atoms with Crippen LogP contribution in [0.15, 0.2) is 18.2 Å². The quantitative estimate of drug-likeness (QED) is 0.679. The third-order valence-corrected chi connectivity index (χ3v) is 3.27. The van der Waals surface area contributed by atoms with E-state index in [0.717, 1.165) is 0 Å². The lowest BCUT2D eigenvalue weighted by molar-refractivity contribution is -0.384. The molecule has 0 bridgehead atoms. The van der Waals surface area contributed by atoms with Gasteiger partial charge in [-0.05, 0) is 26.0 Å². The number of carbonyl (C=O) groups is 1. The van der Waals surface area contributed by atoms with Crippen molar-refractivity contribution < 1.29 is 19.2 Å². The van der Waals surface area contributed by atoms with Gasteiger partial charge in [-0.1, -0.05) is 11.6 Å². The van der Waals surface area contributed by atoms with E-state index in [9.17, 15) is 14.9 Å². The van der Waals surface area contributed by atoms with Gasteiger partial charge in [0.2, 0.25) is 0 Å². The number of ether oxygens (including phenoxy) is 2. The predicted octanol–water partition coefficient (Wildman–Crippen LogP) is 2.13. The van der Waals surface area contributed by atoms with Crippen molar-refractivity contribution in [2.24, 2.45) is 0 Å². The number of nitro groups is 1. The van der Waals surface area contributed by atoms with Gasteiger partial charge in [-0.2, -0.15) is 0 Å². The van der Waals surface area contributed by atoms with Gasteiger partial charge in [-0.15, -0.1) is 0 Å². The van der Waals surface area contributed by atoms with Crippen molar-refractivity contribution in [1.29, 1.82) is 0 Å². The number of hydrogen-bond donors (Lipinski definition) is 1. The molecule has 1 amide bonds. The monoisotopic (exact) mass is 314 g/mol. The zero-order chi connectivity index (χ0) is 15.6. The summed E-state index contributed by atoms with van der Waals surface area (Å²) < 4.78 is 10.9. The smallest absolute Gasteiger partial charge is 0.287 e. The molecule has 0 radical (unpaired) electrons. The van der Waals surface area contributed by atoms with Crippen LogP contribution in [0.3, 0.4) is 0 Å². The molecule has 7 nitrogen and oxygen atoms in total. The lowest BCUT2D eigenvalue weighted by Crippen LogP contribution is -2.34. The van der Waals surface area contributed by atoms with Crippen molar-refractivity contribution in [2.45, 2.75) is 25.7 Å². The molecule has 8 heteroatoms. The van der Waals surface area contributed by atoms with E-state index in [2.05, 4.69) is 5.32 Å². The molecule has 1 aromatic rings. The molecule has 21 heavy (non-hydrogen) atoms. The Morgan fingerprint density at radius 1 is 1.57 bits per heavy atom. The average molecular weight is 315 g/mol. The lowest BCUT2D eigenvalue weighted by atomic mass is 10.2. The third-order valence-electron chi connectivity index (χ3n) is 2.96. The van der Waals surface area contributed by atoms with Gasteiger partial charge in [0.25, 0.3) is 11.6 Å². The number of nitrogens with zero attached hydrogens (tertiary/aromatic N) is 1. The SMILES string of the molecule is CC1(C)OCC(CNC(=O)c2ccc([N+](=O)[O-])c(Cl)c2)O1. The molecule has 1 N–H and O–H groups in total. The third kappa shape index (κ3) is 3.90. The van der Waals surface area contributed by atoms with Crippen LogP contribution in [0.2, 0.25) is 5.02 Å². The van der Waals surface area contributed by atoms with E-state index in [1.54, 1.807) is 13.8 Å². The molecule has 1 heterocycles. The molecule has 0 spiro atoms. The van der Waals surface area contributed by atoms with Crippen LogP contribution >= 0.6 is 11.6 Å². The van der Waals surface area contributed by atoms with E-state index in [0.29, 0.717) is 6.61 Å². The fourth-order valence-electron chi connectivity index (χ4n) is 1.97. The molecule has 1 saturated heterocycles. The Morgan fingerprint density at radius 3 is 2.81 bits per heavy atom. The van der Waals surface area contributed by atoms with Crippen LogP contribution in [0.1, 0.15) is 24.2 Å². The van der Waals surface area contributed by atoms with Gasteiger partial charge in [-0.25, -0.2) is 0 Å². The first kappa shape index (κ1) is 15.7. The normalized spacial score (nSPS) is 20.2. The molecule has 1 aliphatic rings. The second kappa shape index (κ2) is 5.97. The highest BCUT2D eigenvalue weighted by molar-refractivity contribution is 6.33. The summed E-state index contributed by atoms with van der Waals surface area (Å²) in [6, 6.07) is 3.83. The molecule has 2 rings (SSSR count). The molecule has 1 atom stereocenters. The van der Waals surface area contributed by atoms with Crippen molar-refractivity contribution in [2.75, 3.05) is 13.2 Å². The van der Waals surface area contributed by atoms with Crippen LogP contribution in [0, 0.1) is 10.1 Å².